The summed E-state index contributed by atoms with van der Waals surface area (Å²) in [5.41, 5.74) is 0. The Kier molecular flexibility index (Phi) is 76.0. The summed E-state index contributed by atoms with van der Waals surface area (Å²) in [6, 6.07) is 0. The zero-order valence-electron chi connectivity index (χ0n) is 69.0. The molecule has 0 aromatic rings. The molecule has 17 nitrogen and oxygen atoms in total. The van der Waals surface area contributed by atoms with Crippen LogP contribution in [0.15, 0.2) is 0 Å². The summed E-state index contributed by atoms with van der Waals surface area (Å²) in [5.74, 6) is -0.492. The molecule has 0 aliphatic rings. The molecule has 0 radical (unpaired) electrons. The van der Waals surface area contributed by atoms with Crippen LogP contribution in [0, 0.1) is 11.8 Å². The first-order valence-electron chi connectivity index (χ1n) is 44.5. The van der Waals surface area contributed by atoms with E-state index in [0.717, 1.165) is 102 Å². The van der Waals surface area contributed by atoms with Gasteiger partial charge in [-0.3, -0.25) is 37.3 Å². The first-order valence-corrected chi connectivity index (χ1v) is 47.5. The number of rotatable bonds is 85. The van der Waals surface area contributed by atoms with Crippen molar-refractivity contribution in [1.82, 2.24) is 0 Å². The van der Waals surface area contributed by atoms with Gasteiger partial charge in [-0.05, 0) is 37.5 Å². The van der Waals surface area contributed by atoms with E-state index in [9.17, 15) is 43.2 Å². The van der Waals surface area contributed by atoms with Crippen molar-refractivity contribution in [2.75, 3.05) is 39.6 Å². The van der Waals surface area contributed by atoms with Gasteiger partial charge in [0.2, 0.25) is 0 Å². The molecule has 0 amide bonds. The smallest absolute Gasteiger partial charge is 0.462 e. The van der Waals surface area contributed by atoms with Gasteiger partial charge in [-0.25, -0.2) is 9.13 Å². The van der Waals surface area contributed by atoms with E-state index in [1.54, 1.807) is 0 Å². The second-order valence-electron chi connectivity index (χ2n) is 31.6. The van der Waals surface area contributed by atoms with E-state index in [4.69, 9.17) is 37.0 Å². The monoisotopic (exact) mass is 1540 g/mol. The largest absolute Gasteiger partial charge is 0.472 e. The van der Waals surface area contributed by atoms with Gasteiger partial charge >= 0.3 is 39.5 Å². The minimum Gasteiger partial charge on any atom is -0.462 e. The number of phosphoric ester groups is 2. The molecule has 0 heterocycles. The van der Waals surface area contributed by atoms with Crippen molar-refractivity contribution in [1.29, 1.82) is 0 Å². The SMILES string of the molecule is CCCCCCCCCCCCCCCCCCCCCCCC(=O)O[C@H](COC(=O)CCCCCCCCCCCCCCCCCC(C)C)COP(=O)(O)OC[C@@H](O)COP(=O)(O)OC[C@@H](COC(=O)CCCCCCCCCCCCCC)OC(=O)CCCCCCCCCCCCC(C)CC. The molecule has 0 aromatic heterocycles. The summed E-state index contributed by atoms with van der Waals surface area (Å²) in [6.45, 7) is 9.72. The molecule has 19 heteroatoms. The quantitative estimate of drug-likeness (QED) is 0.0222. The molecule has 6 atom stereocenters. The lowest BCUT2D eigenvalue weighted by molar-refractivity contribution is -0.161. The van der Waals surface area contributed by atoms with Gasteiger partial charge in [0.1, 0.15) is 19.3 Å². The molecular formula is C86H168O17P2. The number of esters is 4. The van der Waals surface area contributed by atoms with Crippen molar-refractivity contribution < 1.29 is 80.2 Å². The highest BCUT2D eigenvalue weighted by Gasteiger charge is 2.30. The molecule has 624 valence electrons. The van der Waals surface area contributed by atoms with Gasteiger partial charge in [-0.2, -0.15) is 0 Å². The Bertz CT molecular complexity index is 2010. The van der Waals surface area contributed by atoms with Gasteiger partial charge in [-0.15, -0.1) is 0 Å². The highest BCUT2D eigenvalue weighted by atomic mass is 31.2. The minimum atomic E-state index is -4.97. The lowest BCUT2D eigenvalue weighted by atomic mass is 9.99. The van der Waals surface area contributed by atoms with E-state index in [1.165, 1.54) is 276 Å². The summed E-state index contributed by atoms with van der Waals surface area (Å²) in [7, 11) is -9.93. The Hall–Kier alpha value is -1.94. The molecular weight excluding hydrogens is 1370 g/mol. The second-order valence-corrected chi connectivity index (χ2v) is 34.6. The maximum atomic E-state index is 13.2. The molecule has 0 spiro atoms. The first-order chi connectivity index (χ1) is 50.9. The Morgan fingerprint density at radius 1 is 0.276 bits per heavy atom. The van der Waals surface area contributed by atoms with E-state index >= 15 is 0 Å². The van der Waals surface area contributed by atoms with Gasteiger partial charge in [0, 0.05) is 25.7 Å². The lowest BCUT2D eigenvalue weighted by Crippen LogP contribution is -2.30. The molecule has 0 aromatic carbocycles. The van der Waals surface area contributed by atoms with Gasteiger partial charge in [0.05, 0.1) is 26.4 Å². The molecule has 0 aliphatic carbocycles. The summed E-state index contributed by atoms with van der Waals surface area (Å²) >= 11 is 0. The van der Waals surface area contributed by atoms with Crippen LogP contribution in [0.1, 0.15) is 459 Å². The van der Waals surface area contributed by atoms with Crippen molar-refractivity contribution >= 4 is 39.5 Å². The van der Waals surface area contributed by atoms with Crippen LogP contribution in [0.2, 0.25) is 0 Å². The summed E-state index contributed by atoms with van der Waals surface area (Å²) < 4.78 is 68.9. The van der Waals surface area contributed by atoms with Crippen LogP contribution >= 0.6 is 15.6 Å². The molecule has 0 fully saturated rings. The normalized spacial score (nSPS) is 14.1. The standard InChI is InChI=1S/C86H168O17P2/c1-7-10-12-14-16-18-20-22-23-24-25-26-27-28-31-35-39-46-52-58-64-70-85(90)102-81(74-97-84(89)69-63-57-51-45-38-34-32-29-30-33-36-42-48-54-60-66-78(4)5)76-100-104(92,93)98-72-80(87)73-99-105(94,95)101-77-82(75-96-83(88)68-62-56-50-44-37-21-19-17-15-13-11-8-2)103-86(91)71-65-59-53-47-41-40-43-49-55-61-67-79(6)9-3/h78-82,87H,7-77H2,1-6H3,(H,92,93)(H,94,95)/t79?,80-,81-,82-/m1/s1. The predicted octanol–water partition coefficient (Wildman–Crippen LogP) is 26.2. The van der Waals surface area contributed by atoms with E-state index < -0.39 is 97.5 Å². The van der Waals surface area contributed by atoms with Crippen LogP contribution in [0.25, 0.3) is 0 Å². The van der Waals surface area contributed by atoms with Gasteiger partial charge < -0.3 is 33.8 Å². The van der Waals surface area contributed by atoms with Crippen molar-refractivity contribution in [3.05, 3.63) is 0 Å². The molecule has 0 saturated carbocycles. The van der Waals surface area contributed by atoms with Crippen LogP contribution in [-0.4, -0.2) is 96.7 Å². The molecule has 0 rings (SSSR count). The summed E-state index contributed by atoms with van der Waals surface area (Å²) in [5, 5.41) is 10.7. The van der Waals surface area contributed by atoms with Crippen molar-refractivity contribution in [3.8, 4) is 0 Å². The molecule has 0 saturated heterocycles. The van der Waals surface area contributed by atoms with E-state index in [1.807, 2.05) is 0 Å². The number of hydrogen-bond donors (Lipinski definition) is 3. The van der Waals surface area contributed by atoms with E-state index in [0.29, 0.717) is 25.7 Å². The fourth-order valence-electron chi connectivity index (χ4n) is 13.4. The fraction of sp³-hybridized carbons (Fsp3) is 0.953. The van der Waals surface area contributed by atoms with Gasteiger partial charge in [-0.1, -0.05) is 408 Å². The number of ether oxygens (including phenoxy) is 4. The molecule has 3 N–H and O–H groups in total. The zero-order chi connectivity index (χ0) is 77.1. The lowest BCUT2D eigenvalue weighted by Gasteiger charge is -2.21. The van der Waals surface area contributed by atoms with Crippen molar-refractivity contribution in [2.24, 2.45) is 11.8 Å². The average molecular weight is 1540 g/mol. The molecule has 105 heavy (non-hydrogen) atoms. The highest BCUT2D eigenvalue weighted by molar-refractivity contribution is 7.47. The summed E-state index contributed by atoms with van der Waals surface area (Å²) in [6.07, 6.45) is 69.3. The second kappa shape index (κ2) is 77.4. The number of carbonyl (C=O) groups is 4. The van der Waals surface area contributed by atoms with Crippen LogP contribution in [-0.2, 0) is 65.4 Å². The predicted molar refractivity (Wildman–Crippen MR) is 432 cm³/mol. The highest BCUT2D eigenvalue weighted by Crippen LogP contribution is 2.45. The van der Waals surface area contributed by atoms with Crippen LogP contribution in [0.5, 0.6) is 0 Å². The third-order valence-corrected chi connectivity index (χ3v) is 22.5. The summed E-state index contributed by atoms with van der Waals surface area (Å²) in [4.78, 5) is 73.2. The topological polar surface area (TPSA) is 237 Å². The number of aliphatic hydroxyl groups excluding tert-OH is 1. The first kappa shape index (κ1) is 103. The van der Waals surface area contributed by atoms with Crippen LogP contribution < -0.4 is 0 Å². The average Bonchev–Trinajstić information content (AvgIpc) is 0.917. The molecule has 0 bridgehead atoms. The van der Waals surface area contributed by atoms with Crippen LogP contribution in [0.3, 0.4) is 0 Å². The number of aliphatic hydroxyl groups is 1. The fourth-order valence-corrected chi connectivity index (χ4v) is 15.0. The Morgan fingerprint density at radius 2 is 0.486 bits per heavy atom. The number of phosphoric acid groups is 2. The van der Waals surface area contributed by atoms with Gasteiger partial charge in [0.25, 0.3) is 0 Å². The maximum Gasteiger partial charge on any atom is 0.472 e. The third kappa shape index (κ3) is 78.5. The number of hydrogen-bond acceptors (Lipinski definition) is 15. The Balaban J connectivity index is 5.25. The zero-order valence-corrected chi connectivity index (χ0v) is 70.8. The third-order valence-electron chi connectivity index (χ3n) is 20.6. The number of unbranched alkanes of at least 4 members (excludes halogenated alkanes) is 54. The molecule has 3 unspecified atom stereocenters. The Labute approximate surface area is 645 Å². The van der Waals surface area contributed by atoms with E-state index in [-0.39, 0.29) is 25.7 Å². The van der Waals surface area contributed by atoms with Crippen molar-refractivity contribution in [3.63, 3.8) is 0 Å². The van der Waals surface area contributed by atoms with Crippen LogP contribution in [0.4, 0.5) is 0 Å². The molecule has 0 aliphatic heterocycles. The van der Waals surface area contributed by atoms with E-state index in [2.05, 4.69) is 41.5 Å². The van der Waals surface area contributed by atoms with Gasteiger partial charge in [0.15, 0.2) is 12.2 Å². The Morgan fingerprint density at radius 3 is 0.724 bits per heavy atom. The minimum absolute atomic E-state index is 0.107. The maximum absolute atomic E-state index is 13.2. The number of carbonyl (C=O) groups excluding carboxylic acids is 4. The van der Waals surface area contributed by atoms with Crippen molar-refractivity contribution in [2.45, 2.75) is 477 Å².